The molecule has 1 saturated carbocycles. The van der Waals surface area contributed by atoms with Crippen molar-refractivity contribution in [2.45, 2.75) is 44.7 Å². The molecule has 2 amide bonds. The second kappa shape index (κ2) is 9.59. The quantitative estimate of drug-likeness (QED) is 0.741. The molecule has 2 fully saturated rings. The first kappa shape index (κ1) is 23.4. The highest BCUT2D eigenvalue weighted by molar-refractivity contribution is 5.94. The number of aromatic nitrogens is 1. The molecule has 1 saturated heterocycles. The first-order valence-electron chi connectivity index (χ1n) is 11.4. The number of rotatable bonds is 5. The lowest BCUT2D eigenvalue weighted by atomic mass is 9.88. The molecule has 7 nitrogen and oxygen atoms in total. The number of carbonyl (C=O) groups excluding carboxylic acids is 2. The normalized spacial score (nSPS) is 25.7. The minimum absolute atomic E-state index is 0.0163. The standard InChI is InChI=1S/C24H30F2N4O3/c1-14-5-4-6-21(14)30-10-9-19(17(13-30)24(32)29(2)3)27-23(31)20-12-22(33-28-20)16-8-7-15(25)11-18(16)26/h7-8,11-12,14,17,19,21H,4-6,9-10,13H2,1-3H3,(H,27,31)/t14-,17-,19-,21-/m1/s1. The van der Waals surface area contributed by atoms with Gasteiger partial charge in [0.1, 0.15) is 11.6 Å². The molecule has 1 aromatic carbocycles. The summed E-state index contributed by atoms with van der Waals surface area (Å²) in [6, 6.07) is 4.54. The van der Waals surface area contributed by atoms with E-state index >= 15 is 0 Å². The van der Waals surface area contributed by atoms with Gasteiger partial charge < -0.3 is 14.7 Å². The van der Waals surface area contributed by atoms with E-state index < -0.39 is 17.5 Å². The van der Waals surface area contributed by atoms with Gasteiger partial charge in [-0.15, -0.1) is 0 Å². The highest BCUT2D eigenvalue weighted by Gasteiger charge is 2.40. The number of piperidine rings is 1. The first-order valence-corrected chi connectivity index (χ1v) is 11.4. The average Bonchev–Trinajstić information content (AvgIpc) is 3.43. The van der Waals surface area contributed by atoms with Crippen LogP contribution in [0, 0.1) is 23.5 Å². The molecule has 9 heteroatoms. The van der Waals surface area contributed by atoms with E-state index in [-0.39, 0.29) is 34.9 Å². The van der Waals surface area contributed by atoms with Crippen molar-refractivity contribution in [2.24, 2.45) is 11.8 Å². The second-order valence-corrected chi connectivity index (χ2v) is 9.38. The fourth-order valence-electron chi connectivity index (χ4n) is 5.14. The summed E-state index contributed by atoms with van der Waals surface area (Å²) in [5.41, 5.74) is -0.000717. The maximum atomic E-state index is 14.1. The Labute approximate surface area is 192 Å². The van der Waals surface area contributed by atoms with Gasteiger partial charge in [-0.05, 0) is 37.3 Å². The number of nitrogens with zero attached hydrogens (tertiary/aromatic N) is 3. The zero-order valence-electron chi connectivity index (χ0n) is 19.2. The maximum absolute atomic E-state index is 14.1. The average molecular weight is 461 g/mol. The van der Waals surface area contributed by atoms with Crippen LogP contribution < -0.4 is 5.32 Å². The Morgan fingerprint density at radius 3 is 2.64 bits per heavy atom. The van der Waals surface area contributed by atoms with E-state index in [1.54, 1.807) is 19.0 Å². The molecule has 4 rings (SSSR count). The second-order valence-electron chi connectivity index (χ2n) is 9.38. The molecule has 2 aromatic rings. The summed E-state index contributed by atoms with van der Waals surface area (Å²) in [5.74, 6) is -1.75. The smallest absolute Gasteiger partial charge is 0.273 e. The van der Waals surface area contributed by atoms with Crippen LogP contribution in [-0.4, -0.2) is 66.0 Å². The number of likely N-dealkylation sites (tertiary alicyclic amines) is 1. The molecular formula is C24H30F2N4O3. The molecule has 4 atom stereocenters. The molecule has 33 heavy (non-hydrogen) atoms. The van der Waals surface area contributed by atoms with Crippen LogP contribution in [0.3, 0.4) is 0 Å². The number of amides is 2. The van der Waals surface area contributed by atoms with Crippen molar-refractivity contribution in [3.63, 3.8) is 0 Å². The summed E-state index contributed by atoms with van der Waals surface area (Å²) in [5, 5.41) is 6.70. The lowest BCUT2D eigenvalue weighted by molar-refractivity contribution is -0.136. The number of carbonyl (C=O) groups is 2. The molecule has 1 N–H and O–H groups in total. The van der Waals surface area contributed by atoms with Crippen molar-refractivity contribution in [3.05, 3.63) is 41.6 Å². The van der Waals surface area contributed by atoms with Crippen LogP contribution in [0.25, 0.3) is 11.3 Å². The van der Waals surface area contributed by atoms with Gasteiger partial charge in [-0.25, -0.2) is 8.78 Å². The van der Waals surface area contributed by atoms with E-state index in [0.29, 0.717) is 24.9 Å². The van der Waals surface area contributed by atoms with Gasteiger partial charge >= 0.3 is 0 Å². The highest BCUT2D eigenvalue weighted by atomic mass is 19.1. The molecule has 1 aromatic heterocycles. The summed E-state index contributed by atoms with van der Waals surface area (Å²) in [4.78, 5) is 29.8. The predicted molar refractivity (Wildman–Crippen MR) is 118 cm³/mol. The number of benzene rings is 1. The van der Waals surface area contributed by atoms with Crippen molar-refractivity contribution in [1.29, 1.82) is 0 Å². The topological polar surface area (TPSA) is 78.7 Å². The van der Waals surface area contributed by atoms with E-state index in [1.807, 2.05) is 0 Å². The van der Waals surface area contributed by atoms with Crippen molar-refractivity contribution >= 4 is 11.8 Å². The molecule has 0 radical (unpaired) electrons. The summed E-state index contributed by atoms with van der Waals surface area (Å²) in [6.07, 6.45) is 4.20. The number of nitrogens with one attached hydrogen (secondary N) is 1. The molecule has 1 aliphatic carbocycles. The van der Waals surface area contributed by atoms with Crippen molar-refractivity contribution < 1.29 is 22.9 Å². The molecule has 0 spiro atoms. The highest BCUT2D eigenvalue weighted by Crippen LogP contribution is 2.33. The zero-order valence-corrected chi connectivity index (χ0v) is 19.2. The van der Waals surface area contributed by atoms with Crippen LogP contribution >= 0.6 is 0 Å². The fraction of sp³-hybridized carbons (Fsp3) is 0.542. The Balaban J connectivity index is 1.48. The van der Waals surface area contributed by atoms with E-state index in [1.165, 1.54) is 25.0 Å². The maximum Gasteiger partial charge on any atom is 0.273 e. The van der Waals surface area contributed by atoms with Gasteiger partial charge in [-0.1, -0.05) is 18.5 Å². The fourth-order valence-corrected chi connectivity index (χ4v) is 5.14. The van der Waals surface area contributed by atoms with Crippen LogP contribution in [-0.2, 0) is 4.79 Å². The monoisotopic (exact) mass is 460 g/mol. The van der Waals surface area contributed by atoms with Gasteiger partial charge in [0.25, 0.3) is 5.91 Å². The Morgan fingerprint density at radius 1 is 1.18 bits per heavy atom. The predicted octanol–water partition coefficient (Wildman–Crippen LogP) is 3.32. The van der Waals surface area contributed by atoms with Gasteiger partial charge in [0.15, 0.2) is 11.5 Å². The van der Waals surface area contributed by atoms with Crippen LogP contribution in [0.5, 0.6) is 0 Å². The van der Waals surface area contributed by atoms with Crippen LogP contribution in [0.15, 0.2) is 28.8 Å². The van der Waals surface area contributed by atoms with Crippen molar-refractivity contribution in [1.82, 2.24) is 20.3 Å². The molecule has 178 valence electrons. The van der Waals surface area contributed by atoms with Crippen molar-refractivity contribution in [2.75, 3.05) is 27.2 Å². The van der Waals surface area contributed by atoms with Gasteiger partial charge in [-0.2, -0.15) is 0 Å². The number of hydrogen-bond donors (Lipinski definition) is 1. The minimum atomic E-state index is -0.803. The van der Waals surface area contributed by atoms with E-state index in [2.05, 4.69) is 22.3 Å². The summed E-state index contributed by atoms with van der Waals surface area (Å²) >= 11 is 0. The molecule has 0 bridgehead atoms. The third-order valence-corrected chi connectivity index (χ3v) is 6.94. The third-order valence-electron chi connectivity index (χ3n) is 6.94. The zero-order chi connectivity index (χ0) is 23.7. The minimum Gasteiger partial charge on any atom is -0.355 e. The Hall–Kier alpha value is -2.81. The Morgan fingerprint density at radius 2 is 1.97 bits per heavy atom. The molecule has 0 unspecified atom stereocenters. The summed E-state index contributed by atoms with van der Waals surface area (Å²) < 4.78 is 32.4. The number of halogens is 2. The molecule has 1 aliphatic heterocycles. The largest absolute Gasteiger partial charge is 0.355 e. The summed E-state index contributed by atoms with van der Waals surface area (Å²) in [7, 11) is 3.44. The van der Waals surface area contributed by atoms with E-state index in [0.717, 1.165) is 25.1 Å². The first-order chi connectivity index (χ1) is 15.7. The lowest BCUT2D eigenvalue weighted by Crippen LogP contribution is -2.57. The molecule has 2 heterocycles. The lowest BCUT2D eigenvalue weighted by Gasteiger charge is -2.42. The van der Waals surface area contributed by atoms with Crippen LogP contribution in [0.4, 0.5) is 8.78 Å². The van der Waals surface area contributed by atoms with E-state index in [4.69, 9.17) is 4.52 Å². The third kappa shape index (κ3) is 4.93. The van der Waals surface area contributed by atoms with Crippen molar-refractivity contribution in [3.8, 4) is 11.3 Å². The van der Waals surface area contributed by atoms with Crippen LogP contribution in [0.1, 0.15) is 43.1 Å². The summed E-state index contributed by atoms with van der Waals surface area (Å²) in [6.45, 7) is 3.67. The Bertz CT molecular complexity index is 1020. The SMILES string of the molecule is C[C@@H]1CCC[C@H]1N1CC[C@@H](NC(=O)c2cc(-c3ccc(F)cc3F)on2)[C@H](C(=O)N(C)C)C1. The van der Waals surface area contributed by atoms with Gasteiger partial charge in [-0.3, -0.25) is 14.5 Å². The Kier molecular flexibility index (Phi) is 6.78. The van der Waals surface area contributed by atoms with Crippen LogP contribution in [0.2, 0.25) is 0 Å². The van der Waals surface area contributed by atoms with Gasteiger partial charge in [0.05, 0.1) is 11.5 Å². The molecular weight excluding hydrogens is 430 g/mol. The molecule has 2 aliphatic rings. The van der Waals surface area contributed by atoms with Gasteiger partial charge in [0.2, 0.25) is 5.91 Å². The van der Waals surface area contributed by atoms with E-state index in [9.17, 15) is 18.4 Å². The van der Waals surface area contributed by atoms with Gasteiger partial charge in [0, 0.05) is 51.4 Å². The number of hydrogen-bond acceptors (Lipinski definition) is 5.